The molecule has 2 aromatic heterocycles. The Morgan fingerprint density at radius 2 is 1.48 bits per heavy atom. The van der Waals surface area contributed by atoms with E-state index in [1.807, 2.05) is 0 Å². The minimum atomic E-state index is 0.298. The van der Waals surface area contributed by atoms with Gasteiger partial charge in [0.05, 0.1) is 0 Å². The number of halogens is 1. The number of piperazine rings is 1. The normalized spacial score (nSPS) is 28.6. The smallest absolute Gasteiger partial charge is 0.198 e. The summed E-state index contributed by atoms with van der Waals surface area (Å²) in [5.41, 5.74) is 2.00. The van der Waals surface area contributed by atoms with Crippen LogP contribution in [0, 0.1) is 11.8 Å². The molecule has 0 radical (unpaired) electrons. The Morgan fingerprint density at radius 1 is 0.871 bits per heavy atom. The summed E-state index contributed by atoms with van der Waals surface area (Å²) in [5, 5.41) is 22.2. The van der Waals surface area contributed by atoms with E-state index in [4.69, 9.17) is 11.6 Å². The third kappa shape index (κ3) is 3.12. The molecule has 5 aliphatic rings. The van der Waals surface area contributed by atoms with Crippen LogP contribution in [0.2, 0.25) is 5.15 Å². The van der Waals surface area contributed by atoms with E-state index in [1.54, 1.807) is 17.0 Å². The SMILES string of the molecule is Oc1c2c(c(O)n1CCCCN1CCN(c3nccnc3Cl)CC1)C1C=CC2C2CC12. The quantitative estimate of drug-likeness (QED) is 0.529. The van der Waals surface area contributed by atoms with E-state index in [9.17, 15) is 10.2 Å². The van der Waals surface area contributed by atoms with Crippen LogP contribution in [-0.4, -0.2) is 62.4 Å². The minimum absolute atomic E-state index is 0.298. The van der Waals surface area contributed by atoms with Crippen LogP contribution in [-0.2, 0) is 6.54 Å². The lowest BCUT2D eigenvalue weighted by atomic mass is 9.73. The van der Waals surface area contributed by atoms with E-state index >= 15 is 0 Å². The van der Waals surface area contributed by atoms with Crippen molar-refractivity contribution >= 4 is 17.4 Å². The molecule has 31 heavy (non-hydrogen) atoms. The molecular formula is C23H28ClN5O2. The summed E-state index contributed by atoms with van der Waals surface area (Å²) in [7, 11) is 0. The highest BCUT2D eigenvalue weighted by Gasteiger charge is 2.56. The average Bonchev–Trinajstić information content (AvgIpc) is 3.57. The Labute approximate surface area is 187 Å². The molecule has 2 aromatic rings. The van der Waals surface area contributed by atoms with E-state index in [0.717, 1.165) is 62.5 Å². The van der Waals surface area contributed by atoms with Crippen molar-refractivity contribution in [3.8, 4) is 11.8 Å². The zero-order valence-corrected chi connectivity index (χ0v) is 18.2. The van der Waals surface area contributed by atoms with Crippen molar-refractivity contribution < 1.29 is 10.2 Å². The molecule has 2 bridgehead atoms. The number of rotatable bonds is 6. The van der Waals surface area contributed by atoms with Crippen molar-refractivity contribution in [2.24, 2.45) is 11.8 Å². The van der Waals surface area contributed by atoms with Crippen molar-refractivity contribution in [2.45, 2.75) is 37.6 Å². The Bertz CT molecular complexity index is 988. The number of nitrogens with zero attached hydrogens (tertiary/aromatic N) is 5. The Kier molecular flexibility index (Phi) is 4.65. The first-order chi connectivity index (χ1) is 15.1. The predicted octanol–water partition coefficient (Wildman–Crippen LogP) is 3.33. The van der Waals surface area contributed by atoms with Crippen molar-refractivity contribution in [1.29, 1.82) is 0 Å². The van der Waals surface area contributed by atoms with Crippen LogP contribution in [0.25, 0.3) is 0 Å². The highest BCUT2D eigenvalue weighted by molar-refractivity contribution is 6.31. The topological polar surface area (TPSA) is 77.7 Å². The molecule has 3 heterocycles. The molecule has 1 saturated carbocycles. The van der Waals surface area contributed by atoms with E-state index in [1.165, 1.54) is 6.42 Å². The minimum Gasteiger partial charge on any atom is -0.494 e. The van der Waals surface area contributed by atoms with Gasteiger partial charge in [0.2, 0.25) is 0 Å². The van der Waals surface area contributed by atoms with Crippen molar-refractivity contribution in [3.63, 3.8) is 0 Å². The largest absolute Gasteiger partial charge is 0.494 e. The third-order valence-corrected chi connectivity index (χ3v) is 7.97. The van der Waals surface area contributed by atoms with Crippen LogP contribution in [0.1, 0.15) is 42.2 Å². The first-order valence-corrected chi connectivity index (χ1v) is 11.8. The molecule has 2 fully saturated rings. The van der Waals surface area contributed by atoms with Gasteiger partial charge in [-0.15, -0.1) is 0 Å². The van der Waals surface area contributed by atoms with Crippen molar-refractivity contribution in [1.82, 2.24) is 19.4 Å². The fourth-order valence-electron chi connectivity index (χ4n) is 6.02. The number of hydrogen-bond donors (Lipinski definition) is 2. The molecule has 2 N–H and O–H groups in total. The number of anilines is 1. The molecule has 1 saturated heterocycles. The number of unbranched alkanes of at least 4 members (excludes halogenated alkanes) is 1. The molecule has 0 spiro atoms. The maximum atomic E-state index is 10.9. The summed E-state index contributed by atoms with van der Waals surface area (Å²) in [6.07, 6.45) is 11.0. The molecule has 1 aliphatic heterocycles. The predicted molar refractivity (Wildman–Crippen MR) is 119 cm³/mol. The van der Waals surface area contributed by atoms with Gasteiger partial charge in [0.1, 0.15) is 0 Å². The molecule has 0 aromatic carbocycles. The van der Waals surface area contributed by atoms with Gasteiger partial charge in [-0.3, -0.25) is 9.47 Å². The highest BCUT2D eigenvalue weighted by atomic mass is 35.5. The summed E-state index contributed by atoms with van der Waals surface area (Å²) < 4.78 is 1.75. The van der Waals surface area contributed by atoms with E-state index in [0.29, 0.717) is 47.1 Å². The van der Waals surface area contributed by atoms with Gasteiger partial charge in [0, 0.05) is 68.1 Å². The van der Waals surface area contributed by atoms with Crippen molar-refractivity contribution in [3.05, 3.63) is 40.8 Å². The molecule has 164 valence electrons. The van der Waals surface area contributed by atoms with Gasteiger partial charge >= 0.3 is 0 Å². The molecule has 8 heteroatoms. The molecule has 4 unspecified atom stereocenters. The third-order valence-electron chi connectivity index (χ3n) is 7.70. The van der Waals surface area contributed by atoms with Gasteiger partial charge in [-0.05, 0) is 37.6 Å². The van der Waals surface area contributed by atoms with Gasteiger partial charge < -0.3 is 15.1 Å². The Balaban J connectivity index is 1.02. The number of aromatic nitrogens is 3. The lowest BCUT2D eigenvalue weighted by molar-refractivity contribution is 0.249. The summed E-state index contributed by atoms with van der Waals surface area (Å²) in [6.45, 7) is 5.40. The lowest BCUT2D eigenvalue weighted by Crippen LogP contribution is -2.47. The fourth-order valence-corrected chi connectivity index (χ4v) is 6.25. The average molecular weight is 442 g/mol. The van der Waals surface area contributed by atoms with Crippen LogP contribution in [0.4, 0.5) is 5.82 Å². The molecule has 0 amide bonds. The van der Waals surface area contributed by atoms with Crippen LogP contribution in [0.15, 0.2) is 24.5 Å². The van der Waals surface area contributed by atoms with Crippen LogP contribution in [0.3, 0.4) is 0 Å². The van der Waals surface area contributed by atoms with E-state index < -0.39 is 0 Å². The molecule has 4 atom stereocenters. The summed E-state index contributed by atoms with van der Waals surface area (Å²) in [6, 6.07) is 0. The maximum Gasteiger partial charge on any atom is 0.198 e. The zero-order valence-electron chi connectivity index (χ0n) is 17.5. The van der Waals surface area contributed by atoms with Crippen LogP contribution in [0.5, 0.6) is 11.8 Å². The number of allylic oxidation sites excluding steroid dienone is 2. The first kappa shape index (κ1) is 19.4. The van der Waals surface area contributed by atoms with E-state index in [2.05, 4.69) is 31.9 Å². The van der Waals surface area contributed by atoms with Crippen LogP contribution >= 0.6 is 11.6 Å². The zero-order chi connectivity index (χ0) is 21.1. The Hall–Kier alpha value is -2.25. The van der Waals surface area contributed by atoms with E-state index in [-0.39, 0.29) is 0 Å². The summed E-state index contributed by atoms with van der Waals surface area (Å²) >= 11 is 6.17. The fraction of sp³-hybridized carbons (Fsp3) is 0.565. The monoisotopic (exact) mass is 441 g/mol. The maximum absolute atomic E-state index is 10.9. The standard InChI is InChI=1S/C23H28ClN5O2/c24-20-21(26-6-5-25-20)28-11-9-27(10-12-28)7-1-2-8-29-22(30)18-14-3-4-15(17-13-16(14)17)19(18)23(29)31/h3-6,14-17,30-31H,1-2,7-13H2. The summed E-state index contributed by atoms with van der Waals surface area (Å²) in [5.74, 6) is 3.33. The van der Waals surface area contributed by atoms with Gasteiger partial charge in [-0.2, -0.15) is 0 Å². The van der Waals surface area contributed by atoms with Crippen molar-refractivity contribution in [2.75, 3.05) is 37.6 Å². The van der Waals surface area contributed by atoms with Crippen LogP contribution < -0.4 is 4.90 Å². The first-order valence-electron chi connectivity index (χ1n) is 11.4. The van der Waals surface area contributed by atoms with Gasteiger partial charge in [0.15, 0.2) is 22.7 Å². The molecule has 7 rings (SSSR count). The molecule has 7 nitrogen and oxygen atoms in total. The second-order valence-corrected chi connectivity index (χ2v) is 9.69. The second kappa shape index (κ2) is 7.41. The summed E-state index contributed by atoms with van der Waals surface area (Å²) in [4.78, 5) is 13.1. The lowest BCUT2D eigenvalue weighted by Gasteiger charge is -2.35. The molecular weight excluding hydrogens is 414 g/mol. The van der Waals surface area contributed by atoms with Gasteiger partial charge in [0.25, 0.3) is 0 Å². The number of aromatic hydroxyl groups is 2. The van der Waals surface area contributed by atoms with Gasteiger partial charge in [-0.1, -0.05) is 23.8 Å². The Morgan fingerprint density at radius 3 is 2.13 bits per heavy atom. The number of hydrogen-bond acceptors (Lipinski definition) is 6. The second-order valence-electron chi connectivity index (χ2n) is 9.33. The van der Waals surface area contributed by atoms with Gasteiger partial charge in [-0.25, -0.2) is 9.97 Å². The highest BCUT2D eigenvalue weighted by Crippen LogP contribution is 2.67. The molecule has 4 aliphatic carbocycles.